The Labute approximate surface area is 136 Å². The summed E-state index contributed by atoms with van der Waals surface area (Å²) in [4.78, 5) is -0.0257. The first kappa shape index (κ1) is 16.3. The molecule has 1 heterocycles. The number of rotatable bonds is 5. The van der Waals surface area contributed by atoms with Gasteiger partial charge in [-0.25, -0.2) is 8.42 Å². The van der Waals surface area contributed by atoms with Gasteiger partial charge in [0.2, 0.25) is 0 Å². The van der Waals surface area contributed by atoms with Crippen LogP contribution in [0.15, 0.2) is 33.9 Å². The zero-order valence-electron chi connectivity index (χ0n) is 11.5. The van der Waals surface area contributed by atoms with Gasteiger partial charge in [0.1, 0.15) is 10.6 Å². The summed E-state index contributed by atoms with van der Waals surface area (Å²) in [5.74, 6) is 0.289. The molecule has 0 bridgehead atoms. The molecule has 0 spiro atoms. The molecule has 0 fully saturated rings. The molecule has 1 aromatic heterocycles. The molecule has 0 aliphatic heterocycles. The molecule has 5 nitrogen and oxygen atoms in total. The molecular weight excluding hydrogens is 380 g/mol. The molecule has 0 amide bonds. The summed E-state index contributed by atoms with van der Waals surface area (Å²) in [5.41, 5.74) is 1.72. The van der Waals surface area contributed by atoms with Crippen molar-refractivity contribution in [1.82, 2.24) is 9.78 Å². The number of hydrogen-bond acceptors (Lipinski definition) is 4. The predicted octanol–water partition coefficient (Wildman–Crippen LogP) is 3.04. The molecule has 0 saturated carbocycles. The third kappa shape index (κ3) is 4.21. The number of nitrogens with zero attached hydrogens (tertiary/aromatic N) is 2. The Morgan fingerprint density at radius 1 is 1.43 bits per heavy atom. The summed E-state index contributed by atoms with van der Waals surface area (Å²) in [5, 5.41) is 4.07. The summed E-state index contributed by atoms with van der Waals surface area (Å²) in [6, 6.07) is 3.22. The summed E-state index contributed by atoms with van der Waals surface area (Å²) >= 11 is 3.26. The molecule has 0 saturated heterocycles. The van der Waals surface area contributed by atoms with Crippen molar-refractivity contribution < 1.29 is 13.2 Å². The normalized spacial score (nSPS) is 11.6. The Balaban J connectivity index is 2.19. The van der Waals surface area contributed by atoms with Gasteiger partial charge in [-0.3, -0.25) is 4.68 Å². The van der Waals surface area contributed by atoms with E-state index in [-0.39, 0.29) is 10.6 Å². The van der Waals surface area contributed by atoms with Gasteiger partial charge in [0.15, 0.2) is 0 Å². The average Bonchev–Trinajstić information content (AvgIpc) is 2.76. The zero-order chi connectivity index (χ0) is 15.6. The molecule has 21 heavy (non-hydrogen) atoms. The molecule has 1 aromatic carbocycles. The lowest BCUT2D eigenvalue weighted by Crippen LogP contribution is -2.06. The number of halogens is 2. The first-order valence-electron chi connectivity index (χ1n) is 6.12. The van der Waals surface area contributed by atoms with Gasteiger partial charge in [0.05, 0.1) is 12.8 Å². The minimum absolute atomic E-state index is 0.0257. The van der Waals surface area contributed by atoms with E-state index in [0.717, 1.165) is 5.56 Å². The fraction of sp³-hybridized carbons (Fsp3) is 0.308. The molecule has 2 aromatic rings. The van der Waals surface area contributed by atoms with Gasteiger partial charge in [0, 0.05) is 34.8 Å². The van der Waals surface area contributed by atoms with Crippen molar-refractivity contribution in [2.45, 2.75) is 18.2 Å². The third-order valence-electron chi connectivity index (χ3n) is 2.86. The van der Waals surface area contributed by atoms with Crippen LogP contribution in [0.25, 0.3) is 0 Å². The molecule has 8 heteroatoms. The van der Waals surface area contributed by atoms with Gasteiger partial charge in [-0.05, 0) is 30.2 Å². The number of hydrogen-bond donors (Lipinski definition) is 0. The van der Waals surface area contributed by atoms with Crippen LogP contribution < -0.4 is 4.74 Å². The van der Waals surface area contributed by atoms with E-state index in [1.54, 1.807) is 23.9 Å². The quantitative estimate of drug-likeness (QED) is 0.733. The number of aromatic nitrogens is 2. The van der Waals surface area contributed by atoms with Crippen LogP contribution in [0.1, 0.15) is 11.1 Å². The van der Waals surface area contributed by atoms with Crippen molar-refractivity contribution in [2.75, 3.05) is 6.61 Å². The molecule has 2 rings (SSSR count). The lowest BCUT2D eigenvalue weighted by molar-refractivity contribution is 0.311. The highest BCUT2D eigenvalue weighted by Crippen LogP contribution is 2.33. The lowest BCUT2D eigenvalue weighted by Gasteiger charge is -2.12. The van der Waals surface area contributed by atoms with E-state index in [0.29, 0.717) is 23.1 Å². The van der Waals surface area contributed by atoms with E-state index in [1.807, 2.05) is 13.2 Å². The van der Waals surface area contributed by atoms with Crippen LogP contribution in [0.3, 0.4) is 0 Å². The number of benzene rings is 1. The minimum Gasteiger partial charge on any atom is -0.492 e. The van der Waals surface area contributed by atoms with Crippen LogP contribution in [0.4, 0.5) is 0 Å². The van der Waals surface area contributed by atoms with Gasteiger partial charge in [-0.1, -0.05) is 15.9 Å². The number of ether oxygens (including phenoxy) is 1. The van der Waals surface area contributed by atoms with Crippen molar-refractivity contribution in [3.8, 4) is 5.75 Å². The molecule has 0 aliphatic rings. The van der Waals surface area contributed by atoms with E-state index >= 15 is 0 Å². The van der Waals surface area contributed by atoms with Crippen LogP contribution in [0.5, 0.6) is 5.75 Å². The van der Waals surface area contributed by atoms with E-state index in [2.05, 4.69) is 21.0 Å². The average molecular weight is 394 g/mol. The Bertz CT molecular complexity index is 759. The Kier molecular flexibility index (Phi) is 4.95. The van der Waals surface area contributed by atoms with E-state index < -0.39 is 9.05 Å². The van der Waals surface area contributed by atoms with Gasteiger partial charge in [-0.15, -0.1) is 0 Å². The standard InChI is InChI=1S/C13H14BrClN2O3S/c1-9-5-11(14)6-12(21(15,18)19)13(9)20-4-3-10-7-16-17(2)8-10/h5-8H,3-4H2,1-2H3. The lowest BCUT2D eigenvalue weighted by atomic mass is 10.2. The van der Waals surface area contributed by atoms with Crippen LogP contribution in [0, 0.1) is 6.92 Å². The molecule has 114 valence electrons. The van der Waals surface area contributed by atoms with E-state index in [4.69, 9.17) is 15.4 Å². The summed E-state index contributed by atoms with van der Waals surface area (Å²) in [7, 11) is 3.43. The summed E-state index contributed by atoms with van der Waals surface area (Å²) in [6.45, 7) is 2.11. The smallest absolute Gasteiger partial charge is 0.265 e. The summed E-state index contributed by atoms with van der Waals surface area (Å²) < 4.78 is 31.3. The van der Waals surface area contributed by atoms with E-state index in [1.165, 1.54) is 6.07 Å². The highest BCUT2D eigenvalue weighted by Gasteiger charge is 2.20. The Morgan fingerprint density at radius 2 is 2.14 bits per heavy atom. The fourth-order valence-electron chi connectivity index (χ4n) is 1.94. The molecule has 0 radical (unpaired) electrons. The van der Waals surface area contributed by atoms with Crippen LogP contribution in [-0.2, 0) is 22.5 Å². The van der Waals surface area contributed by atoms with Crippen molar-refractivity contribution in [1.29, 1.82) is 0 Å². The van der Waals surface area contributed by atoms with Crippen LogP contribution >= 0.6 is 26.6 Å². The minimum atomic E-state index is -3.87. The Morgan fingerprint density at radius 3 is 2.71 bits per heavy atom. The van der Waals surface area contributed by atoms with E-state index in [9.17, 15) is 8.42 Å². The van der Waals surface area contributed by atoms with Crippen LogP contribution in [0.2, 0.25) is 0 Å². The maximum Gasteiger partial charge on any atom is 0.265 e. The first-order valence-corrected chi connectivity index (χ1v) is 9.23. The van der Waals surface area contributed by atoms with Crippen LogP contribution in [-0.4, -0.2) is 24.8 Å². The van der Waals surface area contributed by atoms with Crippen molar-refractivity contribution >= 4 is 35.7 Å². The van der Waals surface area contributed by atoms with Gasteiger partial charge in [-0.2, -0.15) is 5.10 Å². The number of aryl methyl sites for hydroxylation is 2. The molecule has 0 N–H and O–H groups in total. The van der Waals surface area contributed by atoms with Crippen molar-refractivity contribution in [3.05, 3.63) is 40.1 Å². The Hall–Kier alpha value is -1.05. The fourth-order valence-corrected chi connectivity index (χ4v) is 3.71. The highest BCUT2D eigenvalue weighted by atomic mass is 79.9. The zero-order valence-corrected chi connectivity index (χ0v) is 14.7. The topological polar surface area (TPSA) is 61.2 Å². The van der Waals surface area contributed by atoms with Gasteiger partial charge < -0.3 is 4.74 Å². The van der Waals surface area contributed by atoms with Crippen molar-refractivity contribution in [2.24, 2.45) is 7.05 Å². The molecular formula is C13H14BrClN2O3S. The van der Waals surface area contributed by atoms with Crippen molar-refractivity contribution in [3.63, 3.8) is 0 Å². The SMILES string of the molecule is Cc1cc(Br)cc(S(=O)(=O)Cl)c1OCCc1cnn(C)c1. The van der Waals surface area contributed by atoms with Gasteiger partial charge >= 0.3 is 0 Å². The second kappa shape index (κ2) is 6.37. The monoisotopic (exact) mass is 392 g/mol. The second-order valence-corrected chi connectivity index (χ2v) is 8.06. The maximum atomic E-state index is 11.6. The molecule has 0 atom stereocenters. The summed E-state index contributed by atoms with van der Waals surface area (Å²) in [6.07, 6.45) is 4.26. The molecule has 0 unspecified atom stereocenters. The molecule has 0 aliphatic carbocycles. The first-order chi connectivity index (χ1) is 9.77. The maximum absolute atomic E-state index is 11.6. The van der Waals surface area contributed by atoms with Gasteiger partial charge in [0.25, 0.3) is 9.05 Å². The third-order valence-corrected chi connectivity index (χ3v) is 4.65. The highest BCUT2D eigenvalue weighted by molar-refractivity contribution is 9.10. The predicted molar refractivity (Wildman–Crippen MR) is 84.3 cm³/mol. The second-order valence-electron chi connectivity index (χ2n) is 4.61. The largest absolute Gasteiger partial charge is 0.492 e.